The lowest BCUT2D eigenvalue weighted by Crippen LogP contribution is -2.17. The van der Waals surface area contributed by atoms with Gasteiger partial charge in [-0.15, -0.1) is 0 Å². The summed E-state index contributed by atoms with van der Waals surface area (Å²) >= 11 is 0. The largest absolute Gasteiger partial charge is 0.382 e. The molecule has 2 rings (SSSR count). The molecule has 1 aromatic rings. The number of sulfone groups is 1. The lowest BCUT2D eigenvalue weighted by Gasteiger charge is -2.14. The first-order valence-corrected chi connectivity index (χ1v) is 9.32. The molecule has 1 amide bonds. The van der Waals surface area contributed by atoms with Gasteiger partial charge in [-0.25, -0.2) is 8.42 Å². The van der Waals surface area contributed by atoms with Gasteiger partial charge in [-0.05, 0) is 31.0 Å². The molecule has 0 aliphatic heterocycles. The summed E-state index contributed by atoms with van der Waals surface area (Å²) in [5.41, 5.74) is 1.68. The van der Waals surface area contributed by atoms with Crippen LogP contribution in [0.2, 0.25) is 0 Å². The van der Waals surface area contributed by atoms with E-state index in [1.165, 1.54) is 25.7 Å². The van der Waals surface area contributed by atoms with Gasteiger partial charge in [0.05, 0.1) is 5.75 Å². The van der Waals surface area contributed by atoms with Gasteiger partial charge >= 0.3 is 0 Å². The quantitative estimate of drug-likeness (QED) is 0.846. The van der Waals surface area contributed by atoms with Gasteiger partial charge in [0, 0.05) is 30.1 Å². The number of hydrogen-bond acceptors (Lipinski definition) is 4. The minimum atomic E-state index is -3.11. The SMILES string of the molecule is CS(=O)(=O)CCC(=O)Nc1cccc(NC2CCCC2)c1. The van der Waals surface area contributed by atoms with Crippen molar-refractivity contribution in [1.29, 1.82) is 0 Å². The molecule has 2 N–H and O–H groups in total. The molecule has 0 saturated heterocycles. The van der Waals surface area contributed by atoms with Gasteiger partial charge in [0.2, 0.25) is 5.91 Å². The summed E-state index contributed by atoms with van der Waals surface area (Å²) in [7, 11) is -3.11. The summed E-state index contributed by atoms with van der Waals surface area (Å²) in [6.45, 7) is 0. The summed E-state index contributed by atoms with van der Waals surface area (Å²) in [5, 5.41) is 6.20. The second-order valence-electron chi connectivity index (χ2n) is 5.63. The Hall–Kier alpha value is -1.56. The molecule has 0 atom stereocenters. The van der Waals surface area contributed by atoms with Crippen LogP contribution in [0, 0.1) is 0 Å². The van der Waals surface area contributed by atoms with Crippen molar-refractivity contribution in [3.63, 3.8) is 0 Å². The molecule has 0 heterocycles. The van der Waals surface area contributed by atoms with E-state index in [1.807, 2.05) is 18.2 Å². The van der Waals surface area contributed by atoms with Crippen molar-refractivity contribution in [3.05, 3.63) is 24.3 Å². The van der Waals surface area contributed by atoms with Gasteiger partial charge in [0.1, 0.15) is 9.84 Å². The van der Waals surface area contributed by atoms with Crippen LogP contribution in [-0.4, -0.2) is 32.4 Å². The summed E-state index contributed by atoms with van der Waals surface area (Å²) in [6, 6.07) is 8.06. The van der Waals surface area contributed by atoms with Crippen molar-refractivity contribution >= 4 is 27.1 Å². The van der Waals surface area contributed by atoms with Crippen LogP contribution in [0.3, 0.4) is 0 Å². The minimum absolute atomic E-state index is 0.0148. The number of nitrogens with one attached hydrogen (secondary N) is 2. The Morgan fingerprint density at radius 2 is 1.90 bits per heavy atom. The molecule has 1 aliphatic carbocycles. The van der Waals surface area contributed by atoms with E-state index >= 15 is 0 Å². The predicted molar refractivity (Wildman–Crippen MR) is 85.3 cm³/mol. The van der Waals surface area contributed by atoms with Crippen LogP contribution in [0.1, 0.15) is 32.1 Å². The molecule has 1 saturated carbocycles. The third-order valence-electron chi connectivity index (χ3n) is 3.57. The van der Waals surface area contributed by atoms with Crippen LogP contribution in [0.25, 0.3) is 0 Å². The standard InChI is InChI=1S/C15H22N2O3S/c1-21(19,20)10-9-15(18)17-14-8-4-7-13(11-14)16-12-5-2-3-6-12/h4,7-8,11-12,16H,2-3,5-6,9-10H2,1H3,(H,17,18). The monoisotopic (exact) mass is 310 g/mol. The van der Waals surface area contributed by atoms with Gasteiger partial charge in [-0.3, -0.25) is 4.79 Å². The minimum Gasteiger partial charge on any atom is -0.382 e. The summed E-state index contributed by atoms with van der Waals surface area (Å²) in [5.74, 6) is -0.405. The van der Waals surface area contributed by atoms with Crippen molar-refractivity contribution in [1.82, 2.24) is 0 Å². The maximum atomic E-state index is 11.7. The molecule has 0 aromatic heterocycles. The lowest BCUT2D eigenvalue weighted by atomic mass is 10.2. The van der Waals surface area contributed by atoms with Crippen molar-refractivity contribution < 1.29 is 13.2 Å². The lowest BCUT2D eigenvalue weighted by molar-refractivity contribution is -0.115. The van der Waals surface area contributed by atoms with Gasteiger partial charge in [-0.1, -0.05) is 18.9 Å². The molecule has 1 aromatic carbocycles. The van der Waals surface area contributed by atoms with E-state index in [1.54, 1.807) is 6.07 Å². The van der Waals surface area contributed by atoms with Crippen LogP contribution in [0.4, 0.5) is 11.4 Å². The van der Waals surface area contributed by atoms with Crippen LogP contribution < -0.4 is 10.6 Å². The number of carbonyl (C=O) groups excluding carboxylic acids is 1. The average molecular weight is 310 g/mol. The molecular formula is C15H22N2O3S. The zero-order valence-electron chi connectivity index (χ0n) is 12.3. The van der Waals surface area contributed by atoms with Crippen LogP contribution >= 0.6 is 0 Å². The third kappa shape index (κ3) is 5.75. The first-order chi connectivity index (χ1) is 9.92. The number of anilines is 2. The van der Waals surface area contributed by atoms with Gasteiger partial charge in [0.25, 0.3) is 0 Å². The number of rotatable bonds is 6. The first-order valence-electron chi connectivity index (χ1n) is 7.26. The van der Waals surface area contributed by atoms with Crippen molar-refractivity contribution in [3.8, 4) is 0 Å². The second-order valence-corrected chi connectivity index (χ2v) is 7.89. The van der Waals surface area contributed by atoms with Crippen LogP contribution in [0.15, 0.2) is 24.3 Å². The van der Waals surface area contributed by atoms with Gasteiger partial charge in [-0.2, -0.15) is 0 Å². The van der Waals surface area contributed by atoms with E-state index in [9.17, 15) is 13.2 Å². The van der Waals surface area contributed by atoms with E-state index < -0.39 is 9.84 Å². The fourth-order valence-electron chi connectivity index (χ4n) is 2.49. The average Bonchev–Trinajstić information content (AvgIpc) is 2.89. The summed E-state index contributed by atoms with van der Waals surface area (Å²) in [4.78, 5) is 11.7. The van der Waals surface area contributed by atoms with Crippen molar-refractivity contribution in [2.75, 3.05) is 22.6 Å². The highest BCUT2D eigenvalue weighted by Crippen LogP contribution is 2.23. The third-order valence-corrected chi connectivity index (χ3v) is 4.52. The highest BCUT2D eigenvalue weighted by molar-refractivity contribution is 7.90. The molecule has 0 spiro atoms. The Balaban J connectivity index is 1.89. The van der Waals surface area contributed by atoms with Crippen molar-refractivity contribution in [2.45, 2.75) is 38.1 Å². The molecule has 1 aliphatic rings. The molecule has 5 nitrogen and oxygen atoms in total. The molecular weight excluding hydrogens is 288 g/mol. The van der Waals surface area contributed by atoms with E-state index in [-0.39, 0.29) is 18.1 Å². The maximum absolute atomic E-state index is 11.7. The number of hydrogen-bond donors (Lipinski definition) is 2. The zero-order valence-corrected chi connectivity index (χ0v) is 13.1. The molecule has 1 fully saturated rings. The van der Waals surface area contributed by atoms with E-state index in [0.29, 0.717) is 11.7 Å². The summed E-state index contributed by atoms with van der Waals surface area (Å²) in [6.07, 6.45) is 6.01. The predicted octanol–water partition coefficient (Wildman–Crippen LogP) is 2.41. The molecule has 0 unspecified atom stereocenters. The first kappa shape index (κ1) is 15.8. The molecule has 0 bridgehead atoms. The van der Waals surface area contributed by atoms with Gasteiger partial charge in [0.15, 0.2) is 0 Å². The number of benzene rings is 1. The van der Waals surface area contributed by atoms with Crippen LogP contribution in [-0.2, 0) is 14.6 Å². The molecule has 6 heteroatoms. The highest BCUT2D eigenvalue weighted by atomic mass is 32.2. The fourth-order valence-corrected chi connectivity index (χ4v) is 3.05. The zero-order chi connectivity index (χ0) is 15.3. The molecule has 116 valence electrons. The van der Waals surface area contributed by atoms with E-state index in [2.05, 4.69) is 10.6 Å². The van der Waals surface area contributed by atoms with E-state index in [0.717, 1.165) is 11.9 Å². The molecule has 21 heavy (non-hydrogen) atoms. The fraction of sp³-hybridized carbons (Fsp3) is 0.533. The van der Waals surface area contributed by atoms with Crippen LogP contribution in [0.5, 0.6) is 0 Å². The Morgan fingerprint density at radius 1 is 1.24 bits per heavy atom. The maximum Gasteiger partial charge on any atom is 0.225 e. The Morgan fingerprint density at radius 3 is 2.57 bits per heavy atom. The van der Waals surface area contributed by atoms with Crippen molar-refractivity contribution in [2.24, 2.45) is 0 Å². The number of carbonyl (C=O) groups is 1. The summed E-state index contributed by atoms with van der Waals surface area (Å²) < 4.78 is 22.1. The Kier molecular flexibility index (Phi) is 5.22. The second kappa shape index (κ2) is 6.93. The Bertz CT molecular complexity index is 593. The smallest absolute Gasteiger partial charge is 0.225 e. The normalized spacial score (nSPS) is 15.9. The Labute approximate surface area is 126 Å². The topological polar surface area (TPSA) is 75.3 Å². The highest BCUT2D eigenvalue weighted by Gasteiger charge is 2.14. The van der Waals surface area contributed by atoms with E-state index in [4.69, 9.17) is 0 Å². The number of amides is 1. The van der Waals surface area contributed by atoms with Gasteiger partial charge < -0.3 is 10.6 Å². The molecule has 0 radical (unpaired) electrons.